The number of nitrogens with zero attached hydrogens (tertiary/aromatic N) is 1. The first kappa shape index (κ1) is 22.2. The zero-order valence-electron chi connectivity index (χ0n) is 17.3. The zero-order chi connectivity index (χ0) is 21.8. The summed E-state index contributed by atoms with van der Waals surface area (Å²) in [7, 11) is 0. The smallest absolute Gasteiger partial charge is 0.381 e. The van der Waals surface area contributed by atoms with Crippen molar-refractivity contribution >= 4 is 17.3 Å². The highest BCUT2D eigenvalue weighted by molar-refractivity contribution is 5.99. The molecule has 2 aromatic rings. The second-order valence-corrected chi connectivity index (χ2v) is 7.45. The van der Waals surface area contributed by atoms with Crippen LogP contribution in [0.25, 0.3) is 0 Å². The molecular formula is C23H27F3N2O2. The number of ether oxygens (including phenoxy) is 1. The van der Waals surface area contributed by atoms with E-state index in [9.17, 15) is 18.0 Å². The van der Waals surface area contributed by atoms with Gasteiger partial charge in [0.05, 0.1) is 11.0 Å². The third kappa shape index (κ3) is 4.61. The van der Waals surface area contributed by atoms with Gasteiger partial charge in [0.1, 0.15) is 0 Å². The lowest BCUT2D eigenvalue weighted by Gasteiger charge is -2.36. The van der Waals surface area contributed by atoms with Crippen molar-refractivity contribution in [3.05, 3.63) is 59.7 Å². The number of nitrogens with one attached hydrogen (secondary N) is 1. The minimum Gasteiger partial charge on any atom is -0.381 e. The Morgan fingerprint density at radius 3 is 2.27 bits per heavy atom. The highest BCUT2D eigenvalue weighted by atomic mass is 19.4. The number of rotatable bonds is 6. The Labute approximate surface area is 175 Å². The van der Waals surface area contributed by atoms with Crippen molar-refractivity contribution < 1.29 is 22.7 Å². The molecule has 1 fully saturated rings. The number of carbonyl (C=O) groups excluding carboxylic acids is 1. The molecule has 30 heavy (non-hydrogen) atoms. The SMILES string of the molecule is CCN(CC)c1ccc(NC(=O)C2(c3cccc(C(F)(F)F)c3)CCOCC2)cc1. The number of anilines is 2. The molecule has 4 nitrogen and oxygen atoms in total. The Hall–Kier alpha value is -2.54. The fraction of sp³-hybridized carbons (Fsp3) is 0.435. The maximum absolute atomic E-state index is 13.3. The number of hydrogen-bond acceptors (Lipinski definition) is 3. The maximum atomic E-state index is 13.3. The Kier molecular flexibility index (Phi) is 6.71. The molecule has 1 N–H and O–H groups in total. The van der Waals surface area contributed by atoms with Crippen LogP contribution in [0.5, 0.6) is 0 Å². The molecule has 3 rings (SSSR count). The largest absolute Gasteiger partial charge is 0.416 e. The summed E-state index contributed by atoms with van der Waals surface area (Å²) in [4.78, 5) is 15.5. The molecule has 1 amide bonds. The van der Waals surface area contributed by atoms with Gasteiger partial charge in [-0.15, -0.1) is 0 Å². The van der Waals surface area contributed by atoms with E-state index in [2.05, 4.69) is 24.1 Å². The second-order valence-electron chi connectivity index (χ2n) is 7.45. The summed E-state index contributed by atoms with van der Waals surface area (Å²) in [5.41, 5.74) is 0.238. The Bertz CT molecular complexity index is 855. The molecule has 0 spiro atoms. The lowest BCUT2D eigenvalue weighted by molar-refractivity contribution is -0.138. The maximum Gasteiger partial charge on any atom is 0.416 e. The molecule has 162 valence electrons. The van der Waals surface area contributed by atoms with Crippen LogP contribution < -0.4 is 10.2 Å². The number of amides is 1. The summed E-state index contributed by atoms with van der Waals surface area (Å²) in [6, 6.07) is 12.6. The summed E-state index contributed by atoms with van der Waals surface area (Å²) >= 11 is 0. The normalized spacial score (nSPS) is 16.2. The fourth-order valence-electron chi connectivity index (χ4n) is 3.95. The van der Waals surface area contributed by atoms with Gasteiger partial charge in [-0.3, -0.25) is 4.79 Å². The van der Waals surface area contributed by atoms with Gasteiger partial charge in [0.25, 0.3) is 0 Å². The molecule has 1 heterocycles. The highest BCUT2D eigenvalue weighted by Crippen LogP contribution is 2.39. The predicted octanol–water partition coefficient (Wildman–Crippen LogP) is 5.24. The van der Waals surface area contributed by atoms with Crippen molar-refractivity contribution in [2.75, 3.05) is 36.5 Å². The quantitative estimate of drug-likeness (QED) is 0.695. The van der Waals surface area contributed by atoms with Gasteiger partial charge < -0.3 is 15.0 Å². The molecule has 0 saturated carbocycles. The minimum atomic E-state index is -4.46. The summed E-state index contributed by atoms with van der Waals surface area (Å²) in [6.45, 7) is 6.54. The molecule has 0 bridgehead atoms. The third-order valence-electron chi connectivity index (χ3n) is 5.78. The summed E-state index contributed by atoms with van der Waals surface area (Å²) in [5, 5.41) is 2.92. The van der Waals surface area contributed by atoms with Gasteiger partial charge in [0, 0.05) is 37.7 Å². The average molecular weight is 420 g/mol. The summed E-state index contributed by atoms with van der Waals surface area (Å²) in [6.07, 6.45) is -3.80. The van der Waals surface area contributed by atoms with E-state index in [1.807, 2.05) is 24.3 Å². The van der Waals surface area contributed by atoms with E-state index in [1.165, 1.54) is 6.07 Å². The molecule has 0 radical (unpaired) electrons. The van der Waals surface area contributed by atoms with E-state index < -0.39 is 17.2 Å². The van der Waals surface area contributed by atoms with Crippen LogP contribution in [0, 0.1) is 0 Å². The van der Waals surface area contributed by atoms with Crippen molar-refractivity contribution in [1.29, 1.82) is 0 Å². The monoisotopic (exact) mass is 420 g/mol. The molecule has 0 atom stereocenters. The van der Waals surface area contributed by atoms with Gasteiger partial charge in [-0.1, -0.05) is 18.2 Å². The van der Waals surface area contributed by atoms with Crippen LogP contribution in [0.15, 0.2) is 48.5 Å². The standard InChI is InChI=1S/C23H27F3N2O2/c1-3-28(4-2)20-10-8-19(9-11-20)27-21(29)22(12-14-30-15-13-22)17-6-5-7-18(16-17)23(24,25)26/h5-11,16H,3-4,12-15H2,1-2H3,(H,27,29). The van der Waals surface area contributed by atoms with Gasteiger partial charge in [-0.2, -0.15) is 13.2 Å². The van der Waals surface area contributed by atoms with E-state index in [0.29, 0.717) is 37.3 Å². The van der Waals surface area contributed by atoms with Crippen LogP contribution in [-0.2, 0) is 21.1 Å². The van der Waals surface area contributed by atoms with Crippen LogP contribution in [0.1, 0.15) is 37.8 Å². The fourth-order valence-corrected chi connectivity index (χ4v) is 3.95. The molecule has 7 heteroatoms. The molecular weight excluding hydrogens is 393 g/mol. The Balaban J connectivity index is 1.88. The number of benzene rings is 2. The van der Waals surface area contributed by atoms with Crippen molar-refractivity contribution in [2.24, 2.45) is 0 Å². The number of carbonyl (C=O) groups is 1. The third-order valence-corrected chi connectivity index (χ3v) is 5.78. The van der Waals surface area contributed by atoms with Crippen molar-refractivity contribution in [3.63, 3.8) is 0 Å². The van der Waals surface area contributed by atoms with E-state index >= 15 is 0 Å². The molecule has 2 aromatic carbocycles. The van der Waals surface area contributed by atoms with Crippen molar-refractivity contribution in [1.82, 2.24) is 0 Å². The van der Waals surface area contributed by atoms with E-state index in [1.54, 1.807) is 6.07 Å². The molecule has 0 aromatic heterocycles. The van der Waals surface area contributed by atoms with Crippen LogP contribution in [0.2, 0.25) is 0 Å². The Morgan fingerprint density at radius 2 is 1.70 bits per heavy atom. The number of hydrogen-bond donors (Lipinski definition) is 1. The first-order chi connectivity index (χ1) is 14.3. The lowest BCUT2D eigenvalue weighted by Crippen LogP contribution is -2.45. The van der Waals surface area contributed by atoms with E-state index in [4.69, 9.17) is 4.74 Å². The zero-order valence-corrected chi connectivity index (χ0v) is 17.3. The highest BCUT2D eigenvalue weighted by Gasteiger charge is 2.43. The first-order valence-electron chi connectivity index (χ1n) is 10.2. The van der Waals surface area contributed by atoms with Crippen LogP contribution >= 0.6 is 0 Å². The van der Waals surface area contributed by atoms with Gasteiger partial charge in [-0.05, 0) is 62.6 Å². The van der Waals surface area contributed by atoms with Crippen LogP contribution in [0.4, 0.5) is 24.5 Å². The van der Waals surface area contributed by atoms with Gasteiger partial charge in [0.2, 0.25) is 5.91 Å². The molecule has 0 unspecified atom stereocenters. The molecule has 1 aliphatic heterocycles. The number of halogens is 3. The average Bonchev–Trinajstić information content (AvgIpc) is 2.75. The van der Waals surface area contributed by atoms with Gasteiger partial charge in [0.15, 0.2) is 0 Å². The van der Waals surface area contributed by atoms with E-state index in [0.717, 1.165) is 30.9 Å². The lowest BCUT2D eigenvalue weighted by atomic mass is 9.73. The summed E-state index contributed by atoms with van der Waals surface area (Å²) in [5.74, 6) is -0.305. The molecule has 1 aliphatic rings. The van der Waals surface area contributed by atoms with Crippen LogP contribution in [-0.4, -0.2) is 32.2 Å². The first-order valence-corrected chi connectivity index (χ1v) is 10.2. The molecule has 1 saturated heterocycles. The predicted molar refractivity (Wildman–Crippen MR) is 112 cm³/mol. The topological polar surface area (TPSA) is 41.6 Å². The number of alkyl halides is 3. The van der Waals surface area contributed by atoms with Crippen molar-refractivity contribution in [3.8, 4) is 0 Å². The molecule has 0 aliphatic carbocycles. The Morgan fingerprint density at radius 1 is 1.07 bits per heavy atom. The van der Waals surface area contributed by atoms with E-state index in [-0.39, 0.29) is 5.91 Å². The van der Waals surface area contributed by atoms with Crippen LogP contribution in [0.3, 0.4) is 0 Å². The van der Waals surface area contributed by atoms with Gasteiger partial charge in [-0.25, -0.2) is 0 Å². The minimum absolute atomic E-state index is 0.305. The second kappa shape index (κ2) is 9.08. The van der Waals surface area contributed by atoms with Gasteiger partial charge >= 0.3 is 6.18 Å². The van der Waals surface area contributed by atoms with Crippen molar-refractivity contribution in [2.45, 2.75) is 38.3 Å². The summed E-state index contributed by atoms with van der Waals surface area (Å²) < 4.78 is 45.1.